The second kappa shape index (κ2) is 8.46. The molecule has 1 aliphatic rings. The fourth-order valence-electron chi connectivity index (χ4n) is 3.01. The van der Waals surface area contributed by atoms with E-state index in [4.69, 9.17) is 0 Å². The summed E-state index contributed by atoms with van der Waals surface area (Å²) in [5.41, 5.74) is 2.45. The van der Waals surface area contributed by atoms with Crippen molar-refractivity contribution in [1.29, 1.82) is 0 Å². The molecule has 1 N–H and O–H groups in total. The number of hydrogen-bond donors (Lipinski definition) is 1. The summed E-state index contributed by atoms with van der Waals surface area (Å²) in [5.74, 6) is -0.00410. The van der Waals surface area contributed by atoms with Crippen molar-refractivity contribution in [3.8, 4) is 0 Å². The predicted octanol–water partition coefficient (Wildman–Crippen LogP) is 4.03. The molecule has 2 aromatic carbocycles. The molecule has 0 heterocycles. The molecule has 2 aromatic rings. The largest absolute Gasteiger partial charge is 0.294 e. The second-order valence-corrected chi connectivity index (χ2v) is 8.37. The molecule has 140 valence electrons. The number of benzene rings is 2. The molecule has 0 aromatic heterocycles. The van der Waals surface area contributed by atoms with E-state index in [0.717, 1.165) is 24.0 Å². The molecule has 0 radical (unpaired) electrons. The van der Waals surface area contributed by atoms with Crippen molar-refractivity contribution in [3.05, 3.63) is 83.4 Å². The zero-order valence-electron chi connectivity index (χ0n) is 15.3. The fraction of sp³-hybridized carbons (Fsp3) is 0.227. The maximum absolute atomic E-state index is 12.8. The van der Waals surface area contributed by atoms with Crippen LogP contribution >= 0.6 is 0 Å². The Labute approximate surface area is 160 Å². The third-order valence-corrected chi connectivity index (χ3v) is 5.98. The highest BCUT2D eigenvalue weighted by atomic mass is 32.2. The quantitative estimate of drug-likeness (QED) is 0.821. The lowest BCUT2D eigenvalue weighted by Gasteiger charge is -2.21. The standard InChI is InChI=1S/C22H23NO3S/c1-17-11-14-19(15-12-17)27(25,26)23-21(20-9-5-6-10-22(20)24)16-13-18-7-3-2-4-8-18/h2-4,7-9,11-16,21,23H,5-6,10H2,1H3/b16-13+. The Kier molecular flexibility index (Phi) is 6.04. The first-order valence-corrected chi connectivity index (χ1v) is 10.5. The van der Waals surface area contributed by atoms with Crippen molar-refractivity contribution in [3.63, 3.8) is 0 Å². The van der Waals surface area contributed by atoms with E-state index in [9.17, 15) is 13.2 Å². The summed E-state index contributed by atoms with van der Waals surface area (Å²) in [7, 11) is -3.75. The first-order valence-electron chi connectivity index (χ1n) is 9.01. The minimum atomic E-state index is -3.75. The first-order chi connectivity index (χ1) is 13.0. The molecule has 0 saturated carbocycles. The maximum atomic E-state index is 12.8. The molecule has 3 rings (SSSR count). The molecule has 0 fully saturated rings. The minimum Gasteiger partial charge on any atom is -0.294 e. The van der Waals surface area contributed by atoms with Crippen LogP contribution in [-0.2, 0) is 14.8 Å². The number of sulfonamides is 1. The Morgan fingerprint density at radius 2 is 1.74 bits per heavy atom. The topological polar surface area (TPSA) is 63.2 Å². The number of aryl methyl sites for hydroxylation is 1. The normalized spacial score (nSPS) is 16.3. The molecule has 1 aliphatic carbocycles. The van der Waals surface area contributed by atoms with Crippen LogP contribution in [0.3, 0.4) is 0 Å². The van der Waals surface area contributed by atoms with Crippen molar-refractivity contribution in [2.24, 2.45) is 0 Å². The first kappa shape index (κ1) is 19.3. The molecule has 0 spiro atoms. The number of carbonyl (C=O) groups excluding carboxylic acids is 1. The van der Waals surface area contributed by atoms with E-state index in [-0.39, 0.29) is 10.7 Å². The zero-order chi connectivity index (χ0) is 19.3. The average Bonchev–Trinajstić information content (AvgIpc) is 2.67. The molecule has 1 atom stereocenters. The molecule has 0 aliphatic heterocycles. The molecular formula is C22H23NO3S. The molecule has 4 nitrogen and oxygen atoms in total. The number of hydrogen-bond acceptors (Lipinski definition) is 3. The molecule has 0 amide bonds. The van der Waals surface area contributed by atoms with Crippen LogP contribution in [0.5, 0.6) is 0 Å². The smallest absolute Gasteiger partial charge is 0.241 e. The lowest BCUT2D eigenvalue weighted by atomic mass is 9.92. The number of allylic oxidation sites excluding steroid dienone is 1. The van der Waals surface area contributed by atoms with Crippen LogP contribution in [0, 0.1) is 6.92 Å². The van der Waals surface area contributed by atoms with E-state index in [1.54, 1.807) is 30.3 Å². The Hall–Kier alpha value is -2.50. The van der Waals surface area contributed by atoms with Crippen LogP contribution < -0.4 is 4.72 Å². The summed E-state index contributed by atoms with van der Waals surface area (Å²) in [6.45, 7) is 1.90. The van der Waals surface area contributed by atoms with E-state index in [1.165, 1.54) is 0 Å². The van der Waals surface area contributed by atoms with Gasteiger partial charge in [-0.3, -0.25) is 4.79 Å². The van der Waals surface area contributed by atoms with Crippen LogP contribution in [0.1, 0.15) is 30.4 Å². The highest BCUT2D eigenvalue weighted by Gasteiger charge is 2.26. The van der Waals surface area contributed by atoms with E-state index in [0.29, 0.717) is 12.0 Å². The van der Waals surface area contributed by atoms with Gasteiger partial charge in [0, 0.05) is 12.0 Å². The molecule has 0 bridgehead atoms. The third kappa shape index (κ3) is 5.02. The van der Waals surface area contributed by atoms with Gasteiger partial charge in [-0.25, -0.2) is 8.42 Å². The molecule has 5 heteroatoms. The summed E-state index contributed by atoms with van der Waals surface area (Å²) >= 11 is 0. The van der Waals surface area contributed by atoms with Crippen LogP contribution in [0.2, 0.25) is 0 Å². The van der Waals surface area contributed by atoms with Gasteiger partial charge in [-0.2, -0.15) is 4.72 Å². The highest BCUT2D eigenvalue weighted by molar-refractivity contribution is 7.89. The highest BCUT2D eigenvalue weighted by Crippen LogP contribution is 2.21. The molecule has 0 saturated heterocycles. The van der Waals surface area contributed by atoms with Gasteiger partial charge in [0.25, 0.3) is 0 Å². The van der Waals surface area contributed by atoms with Gasteiger partial charge < -0.3 is 0 Å². The SMILES string of the molecule is Cc1ccc(S(=O)(=O)NC(/C=C/c2ccccc2)C2=CCCCC2=O)cc1. The number of nitrogens with one attached hydrogen (secondary N) is 1. The third-order valence-electron chi connectivity index (χ3n) is 4.52. The summed E-state index contributed by atoms with van der Waals surface area (Å²) in [6.07, 6.45) is 7.48. The second-order valence-electron chi connectivity index (χ2n) is 6.66. The Bertz CT molecular complexity index is 958. The lowest BCUT2D eigenvalue weighted by Crippen LogP contribution is -2.37. The minimum absolute atomic E-state index is 0.00410. The van der Waals surface area contributed by atoms with E-state index < -0.39 is 16.1 Å². The van der Waals surface area contributed by atoms with E-state index in [1.807, 2.05) is 49.4 Å². The number of Topliss-reactive ketones (excluding diaryl/α,β-unsaturated/α-hetero) is 1. The fourth-order valence-corrected chi connectivity index (χ4v) is 4.18. The Morgan fingerprint density at radius 3 is 2.41 bits per heavy atom. The molecule has 1 unspecified atom stereocenters. The monoisotopic (exact) mass is 381 g/mol. The van der Waals surface area contributed by atoms with E-state index in [2.05, 4.69) is 4.72 Å². The summed E-state index contributed by atoms with van der Waals surface area (Å²) in [5, 5.41) is 0. The van der Waals surface area contributed by atoms with Crippen molar-refractivity contribution in [2.45, 2.75) is 37.1 Å². The van der Waals surface area contributed by atoms with Gasteiger partial charge in [0.2, 0.25) is 10.0 Å². The van der Waals surface area contributed by atoms with Gasteiger partial charge in [0.15, 0.2) is 5.78 Å². The summed E-state index contributed by atoms with van der Waals surface area (Å²) in [6, 6.07) is 15.6. The van der Waals surface area contributed by atoms with Gasteiger partial charge in [-0.15, -0.1) is 0 Å². The van der Waals surface area contributed by atoms with E-state index >= 15 is 0 Å². The lowest BCUT2D eigenvalue weighted by molar-refractivity contribution is -0.116. The predicted molar refractivity (Wildman–Crippen MR) is 108 cm³/mol. The molecular weight excluding hydrogens is 358 g/mol. The van der Waals surface area contributed by atoms with Crippen molar-refractivity contribution < 1.29 is 13.2 Å². The van der Waals surface area contributed by atoms with Crippen LogP contribution in [0.15, 0.2) is 77.2 Å². The zero-order valence-corrected chi connectivity index (χ0v) is 16.1. The van der Waals surface area contributed by atoms with Crippen LogP contribution in [-0.4, -0.2) is 20.2 Å². The Balaban J connectivity index is 1.91. The van der Waals surface area contributed by atoms with Gasteiger partial charge in [0.1, 0.15) is 0 Å². The van der Waals surface area contributed by atoms with Gasteiger partial charge in [0.05, 0.1) is 10.9 Å². The van der Waals surface area contributed by atoms with Crippen molar-refractivity contribution in [1.82, 2.24) is 4.72 Å². The molecule has 27 heavy (non-hydrogen) atoms. The van der Waals surface area contributed by atoms with Crippen LogP contribution in [0.4, 0.5) is 0 Å². The summed E-state index contributed by atoms with van der Waals surface area (Å²) in [4.78, 5) is 12.6. The Morgan fingerprint density at radius 1 is 1.04 bits per heavy atom. The maximum Gasteiger partial charge on any atom is 0.241 e. The van der Waals surface area contributed by atoms with Crippen molar-refractivity contribution in [2.75, 3.05) is 0 Å². The number of carbonyl (C=O) groups is 1. The van der Waals surface area contributed by atoms with Crippen molar-refractivity contribution >= 4 is 21.9 Å². The van der Waals surface area contributed by atoms with Gasteiger partial charge >= 0.3 is 0 Å². The van der Waals surface area contributed by atoms with Gasteiger partial charge in [-0.1, -0.05) is 66.3 Å². The van der Waals surface area contributed by atoms with Crippen LogP contribution in [0.25, 0.3) is 6.08 Å². The van der Waals surface area contributed by atoms with Gasteiger partial charge in [-0.05, 0) is 37.5 Å². The number of rotatable bonds is 6. The average molecular weight is 381 g/mol. The summed E-state index contributed by atoms with van der Waals surface area (Å²) < 4.78 is 28.4. The number of ketones is 1.